The van der Waals surface area contributed by atoms with E-state index in [0.29, 0.717) is 31.7 Å². The molecule has 5 nitrogen and oxygen atoms in total. The van der Waals surface area contributed by atoms with Gasteiger partial charge in [-0.05, 0) is 42.3 Å². The fraction of sp³-hybridized carbons (Fsp3) is 0.286. The maximum Gasteiger partial charge on any atom is 0.243 e. The van der Waals surface area contributed by atoms with Gasteiger partial charge in [0.15, 0.2) is 0 Å². The smallest absolute Gasteiger partial charge is 0.243 e. The molecule has 0 heterocycles. The summed E-state index contributed by atoms with van der Waals surface area (Å²) >= 11 is 1.64. The summed E-state index contributed by atoms with van der Waals surface area (Å²) in [6.07, 6.45) is 0.794. The second-order valence-corrected chi connectivity index (χ2v) is 9.05. The summed E-state index contributed by atoms with van der Waals surface area (Å²) in [6.45, 7) is 2.73. The van der Waals surface area contributed by atoms with Gasteiger partial charge in [-0.2, -0.15) is 0 Å². The van der Waals surface area contributed by atoms with Crippen LogP contribution in [0.1, 0.15) is 24.5 Å². The standard InChI is InChI=1S/C28H32N2O3S/c1-3-29-28(32)26(20-22-11-6-4-7-12-22)30(21-23-13-10-14-24(19-23)33-2)27(31)17-18-34-25-15-8-5-9-16-25/h4-16,19,26H,3,17-18,20-21H2,1-2H3,(H,29,32)/t26-/m1/s1. The van der Waals surface area contributed by atoms with Crippen molar-refractivity contribution >= 4 is 23.6 Å². The van der Waals surface area contributed by atoms with Crippen molar-refractivity contribution in [2.45, 2.75) is 37.2 Å². The molecule has 0 aliphatic heterocycles. The maximum atomic E-state index is 13.5. The SMILES string of the molecule is CCNC(=O)[C@@H](Cc1ccccc1)N(Cc1cccc(OC)c1)C(=O)CCSc1ccccc1. The Morgan fingerprint density at radius 1 is 0.941 bits per heavy atom. The van der Waals surface area contributed by atoms with E-state index in [0.717, 1.165) is 21.8 Å². The van der Waals surface area contributed by atoms with Crippen molar-refractivity contribution in [3.63, 3.8) is 0 Å². The zero-order valence-electron chi connectivity index (χ0n) is 19.8. The lowest BCUT2D eigenvalue weighted by Crippen LogP contribution is -2.50. The number of benzene rings is 3. The van der Waals surface area contributed by atoms with Crippen LogP contribution < -0.4 is 10.1 Å². The number of nitrogens with zero attached hydrogens (tertiary/aromatic N) is 1. The minimum Gasteiger partial charge on any atom is -0.497 e. The highest BCUT2D eigenvalue weighted by molar-refractivity contribution is 7.99. The highest BCUT2D eigenvalue weighted by Crippen LogP contribution is 2.22. The van der Waals surface area contributed by atoms with Crippen molar-refractivity contribution < 1.29 is 14.3 Å². The average molecular weight is 477 g/mol. The molecule has 0 spiro atoms. The number of nitrogens with one attached hydrogen (secondary N) is 1. The van der Waals surface area contributed by atoms with Gasteiger partial charge >= 0.3 is 0 Å². The predicted molar refractivity (Wildman–Crippen MR) is 138 cm³/mol. The monoisotopic (exact) mass is 476 g/mol. The maximum absolute atomic E-state index is 13.5. The van der Waals surface area contributed by atoms with E-state index in [1.54, 1.807) is 23.8 Å². The number of carbonyl (C=O) groups excluding carboxylic acids is 2. The number of amides is 2. The first-order chi connectivity index (χ1) is 16.6. The molecule has 0 bridgehead atoms. The van der Waals surface area contributed by atoms with Crippen LogP contribution in [0.15, 0.2) is 89.8 Å². The molecule has 6 heteroatoms. The van der Waals surface area contributed by atoms with E-state index in [1.165, 1.54) is 0 Å². The Hall–Kier alpha value is -3.25. The first kappa shape index (κ1) is 25.4. The lowest BCUT2D eigenvalue weighted by Gasteiger charge is -2.31. The summed E-state index contributed by atoms with van der Waals surface area (Å²) in [4.78, 5) is 29.5. The van der Waals surface area contributed by atoms with Crippen molar-refractivity contribution in [3.05, 3.63) is 96.1 Å². The number of likely N-dealkylation sites (N-methyl/N-ethyl adjacent to an activating group) is 1. The molecule has 0 saturated heterocycles. The van der Waals surface area contributed by atoms with E-state index in [9.17, 15) is 9.59 Å². The van der Waals surface area contributed by atoms with Crippen LogP contribution in [0.5, 0.6) is 5.75 Å². The van der Waals surface area contributed by atoms with Crippen molar-refractivity contribution in [2.24, 2.45) is 0 Å². The zero-order valence-corrected chi connectivity index (χ0v) is 20.6. The van der Waals surface area contributed by atoms with E-state index in [4.69, 9.17) is 4.74 Å². The number of ether oxygens (including phenoxy) is 1. The van der Waals surface area contributed by atoms with E-state index in [1.807, 2.05) is 91.9 Å². The molecule has 0 fully saturated rings. The number of hydrogen-bond donors (Lipinski definition) is 1. The summed E-state index contributed by atoms with van der Waals surface area (Å²) in [5, 5.41) is 2.93. The first-order valence-electron chi connectivity index (χ1n) is 11.5. The minimum atomic E-state index is -0.609. The minimum absolute atomic E-state index is 0.0431. The van der Waals surface area contributed by atoms with Crippen LogP contribution in [-0.2, 0) is 22.6 Å². The molecular formula is C28H32N2O3S. The Balaban J connectivity index is 1.84. The molecule has 3 aromatic rings. The fourth-order valence-electron chi connectivity index (χ4n) is 3.73. The van der Waals surface area contributed by atoms with E-state index in [2.05, 4.69) is 5.32 Å². The van der Waals surface area contributed by atoms with Gasteiger partial charge in [-0.3, -0.25) is 9.59 Å². The number of carbonyl (C=O) groups is 2. The zero-order chi connectivity index (χ0) is 24.2. The van der Waals surface area contributed by atoms with E-state index >= 15 is 0 Å². The fourth-order valence-corrected chi connectivity index (χ4v) is 4.59. The largest absolute Gasteiger partial charge is 0.497 e. The van der Waals surface area contributed by atoms with Gasteiger partial charge in [-0.15, -0.1) is 11.8 Å². The third kappa shape index (κ3) is 7.66. The van der Waals surface area contributed by atoms with Crippen LogP contribution in [-0.4, -0.2) is 42.2 Å². The molecule has 0 aliphatic carbocycles. The Labute approximate surface area is 206 Å². The third-order valence-corrected chi connectivity index (χ3v) is 6.45. The van der Waals surface area contributed by atoms with Crippen LogP contribution in [0.2, 0.25) is 0 Å². The molecular weight excluding hydrogens is 444 g/mol. The van der Waals surface area contributed by atoms with E-state index in [-0.39, 0.29) is 11.8 Å². The molecule has 2 amide bonds. The van der Waals surface area contributed by atoms with Gasteiger partial charge in [0, 0.05) is 36.6 Å². The summed E-state index contributed by atoms with van der Waals surface area (Å²) in [7, 11) is 1.62. The lowest BCUT2D eigenvalue weighted by atomic mass is 10.0. The average Bonchev–Trinajstić information content (AvgIpc) is 2.87. The predicted octanol–water partition coefficient (Wildman–Crippen LogP) is 4.95. The molecule has 0 radical (unpaired) electrons. The number of rotatable bonds is 12. The van der Waals surface area contributed by atoms with Crippen LogP contribution >= 0.6 is 11.8 Å². The molecule has 34 heavy (non-hydrogen) atoms. The molecule has 0 saturated carbocycles. The summed E-state index contributed by atoms with van der Waals surface area (Å²) in [5.41, 5.74) is 1.94. The quantitative estimate of drug-likeness (QED) is 0.376. The topological polar surface area (TPSA) is 58.6 Å². The summed E-state index contributed by atoms with van der Waals surface area (Å²) < 4.78 is 5.37. The Kier molecular flexibility index (Phi) is 10.0. The summed E-state index contributed by atoms with van der Waals surface area (Å²) in [5.74, 6) is 1.18. The van der Waals surface area contributed by atoms with Gasteiger partial charge in [0.1, 0.15) is 11.8 Å². The van der Waals surface area contributed by atoms with Gasteiger partial charge in [0.25, 0.3) is 0 Å². The van der Waals surface area contributed by atoms with Gasteiger partial charge in [0.05, 0.1) is 7.11 Å². The third-order valence-electron chi connectivity index (χ3n) is 5.44. The highest BCUT2D eigenvalue weighted by atomic mass is 32.2. The second kappa shape index (κ2) is 13.5. The Bertz CT molecular complexity index is 1040. The van der Waals surface area contributed by atoms with Crippen molar-refractivity contribution in [2.75, 3.05) is 19.4 Å². The molecule has 1 N–H and O–H groups in total. The Morgan fingerprint density at radius 2 is 1.62 bits per heavy atom. The molecule has 0 unspecified atom stereocenters. The molecule has 0 aromatic heterocycles. The van der Waals surface area contributed by atoms with Gasteiger partial charge < -0.3 is 15.0 Å². The molecule has 3 rings (SSSR count). The molecule has 3 aromatic carbocycles. The highest BCUT2D eigenvalue weighted by Gasteiger charge is 2.30. The normalized spacial score (nSPS) is 11.5. The lowest BCUT2D eigenvalue weighted by molar-refractivity contribution is -0.140. The second-order valence-electron chi connectivity index (χ2n) is 7.88. The molecule has 1 atom stereocenters. The molecule has 0 aliphatic rings. The van der Waals surface area contributed by atoms with Crippen molar-refractivity contribution in [1.29, 1.82) is 0 Å². The Morgan fingerprint density at radius 3 is 2.29 bits per heavy atom. The number of thioether (sulfide) groups is 1. The number of hydrogen-bond acceptors (Lipinski definition) is 4. The van der Waals surface area contributed by atoms with Crippen molar-refractivity contribution in [1.82, 2.24) is 10.2 Å². The van der Waals surface area contributed by atoms with Gasteiger partial charge in [-0.1, -0.05) is 60.7 Å². The van der Waals surface area contributed by atoms with Gasteiger partial charge in [-0.25, -0.2) is 0 Å². The van der Waals surface area contributed by atoms with Crippen molar-refractivity contribution in [3.8, 4) is 5.75 Å². The van der Waals surface area contributed by atoms with Crippen LogP contribution in [0.4, 0.5) is 0 Å². The number of methoxy groups -OCH3 is 1. The molecule has 178 valence electrons. The van der Waals surface area contributed by atoms with E-state index < -0.39 is 6.04 Å². The van der Waals surface area contributed by atoms with Crippen LogP contribution in [0, 0.1) is 0 Å². The van der Waals surface area contributed by atoms with Crippen LogP contribution in [0.25, 0.3) is 0 Å². The summed E-state index contributed by atoms with van der Waals surface area (Å²) in [6, 6.07) is 26.9. The van der Waals surface area contributed by atoms with Crippen LogP contribution in [0.3, 0.4) is 0 Å². The van der Waals surface area contributed by atoms with Gasteiger partial charge in [0.2, 0.25) is 11.8 Å². The first-order valence-corrected chi connectivity index (χ1v) is 12.5.